The molecule has 2 aromatic carbocycles. The van der Waals surface area contributed by atoms with E-state index in [1.54, 1.807) is 19.2 Å². The van der Waals surface area contributed by atoms with Crippen LogP contribution < -0.4 is 20.1 Å². The Morgan fingerprint density at radius 2 is 2.03 bits per heavy atom. The highest BCUT2D eigenvalue weighted by molar-refractivity contribution is 5.81. The fourth-order valence-electron chi connectivity index (χ4n) is 3.62. The lowest BCUT2D eigenvalue weighted by Gasteiger charge is -2.13. The van der Waals surface area contributed by atoms with Gasteiger partial charge in [0.05, 0.1) is 33.1 Å². The molecule has 9 nitrogen and oxygen atoms in total. The number of aromatic amines is 1. The number of ether oxygens (including phenoxy) is 4. The van der Waals surface area contributed by atoms with Gasteiger partial charge in [0, 0.05) is 29.8 Å². The number of nitrogens with zero attached hydrogens (tertiary/aromatic N) is 1. The van der Waals surface area contributed by atoms with Crippen molar-refractivity contribution in [3.63, 3.8) is 0 Å². The zero-order valence-electron chi connectivity index (χ0n) is 18.4. The zero-order chi connectivity index (χ0) is 23.2. The summed E-state index contributed by atoms with van der Waals surface area (Å²) in [5, 5.41) is 13.1. The van der Waals surface area contributed by atoms with Crippen molar-refractivity contribution in [2.24, 2.45) is 0 Å². The van der Waals surface area contributed by atoms with Gasteiger partial charge in [-0.25, -0.2) is 9.18 Å². The summed E-state index contributed by atoms with van der Waals surface area (Å²) in [5.74, 6) is 1.56. The SMILES string of the molecule is COC(=O)NCCOCCOc1cc2c(cc1OC)-c1[nH]nc(Nc3cccc(F)c3)c1C2. The Hall–Kier alpha value is -3.79. The molecule has 0 aliphatic heterocycles. The Labute approximate surface area is 190 Å². The van der Waals surface area contributed by atoms with Crippen molar-refractivity contribution in [2.75, 3.05) is 45.9 Å². The highest BCUT2D eigenvalue weighted by atomic mass is 19.1. The molecule has 0 spiro atoms. The largest absolute Gasteiger partial charge is 0.493 e. The van der Waals surface area contributed by atoms with E-state index in [9.17, 15) is 9.18 Å². The molecule has 0 fully saturated rings. The Morgan fingerprint density at radius 1 is 1.15 bits per heavy atom. The van der Waals surface area contributed by atoms with Gasteiger partial charge in [-0.1, -0.05) is 6.07 Å². The number of alkyl carbamates (subject to hydrolysis) is 1. The molecule has 1 heterocycles. The highest BCUT2D eigenvalue weighted by Crippen LogP contribution is 2.44. The van der Waals surface area contributed by atoms with Crippen molar-refractivity contribution >= 4 is 17.6 Å². The number of halogens is 1. The van der Waals surface area contributed by atoms with Crippen LogP contribution in [0.25, 0.3) is 11.3 Å². The van der Waals surface area contributed by atoms with E-state index in [1.807, 2.05) is 12.1 Å². The normalized spacial score (nSPS) is 11.5. The number of hydrogen-bond acceptors (Lipinski definition) is 7. The maximum atomic E-state index is 13.5. The highest BCUT2D eigenvalue weighted by Gasteiger charge is 2.27. The van der Waals surface area contributed by atoms with Crippen molar-refractivity contribution in [1.29, 1.82) is 0 Å². The predicted molar refractivity (Wildman–Crippen MR) is 120 cm³/mol. The number of methoxy groups -OCH3 is 2. The molecule has 33 heavy (non-hydrogen) atoms. The van der Waals surface area contributed by atoms with Crippen LogP contribution in [-0.2, 0) is 15.9 Å². The fraction of sp³-hybridized carbons (Fsp3) is 0.304. The number of aromatic nitrogens is 2. The third kappa shape index (κ3) is 5.17. The van der Waals surface area contributed by atoms with Gasteiger partial charge in [0.15, 0.2) is 17.3 Å². The van der Waals surface area contributed by atoms with Crippen molar-refractivity contribution in [3.05, 3.63) is 53.3 Å². The minimum absolute atomic E-state index is 0.314. The van der Waals surface area contributed by atoms with Crippen LogP contribution in [-0.4, -0.2) is 56.9 Å². The molecule has 1 aromatic heterocycles. The van der Waals surface area contributed by atoms with Crippen LogP contribution in [0.3, 0.4) is 0 Å². The first-order valence-corrected chi connectivity index (χ1v) is 10.4. The van der Waals surface area contributed by atoms with Gasteiger partial charge >= 0.3 is 6.09 Å². The number of hydrogen-bond donors (Lipinski definition) is 3. The van der Waals surface area contributed by atoms with Crippen LogP contribution in [0.1, 0.15) is 11.1 Å². The molecule has 3 aromatic rings. The summed E-state index contributed by atoms with van der Waals surface area (Å²) in [6, 6.07) is 10.1. The van der Waals surface area contributed by atoms with E-state index in [2.05, 4.69) is 25.6 Å². The van der Waals surface area contributed by atoms with E-state index in [1.165, 1.54) is 19.2 Å². The molecule has 4 rings (SSSR count). The van der Waals surface area contributed by atoms with Crippen LogP contribution in [0.2, 0.25) is 0 Å². The van der Waals surface area contributed by atoms with Crippen molar-refractivity contribution < 1.29 is 28.1 Å². The molecule has 10 heteroatoms. The number of benzene rings is 2. The van der Waals surface area contributed by atoms with Gasteiger partial charge < -0.3 is 29.6 Å². The third-order valence-electron chi connectivity index (χ3n) is 5.17. The molecular weight excluding hydrogens is 431 g/mol. The van der Waals surface area contributed by atoms with Crippen molar-refractivity contribution in [2.45, 2.75) is 6.42 Å². The number of carbonyl (C=O) groups is 1. The molecule has 1 amide bonds. The second kappa shape index (κ2) is 10.2. The first kappa shape index (κ1) is 22.4. The molecule has 3 N–H and O–H groups in total. The number of anilines is 2. The standard InChI is InChI=1S/C23H25FN4O5/c1-30-19-13-17-14(11-20(19)33-9-8-32-7-6-25-23(29)31-2)10-18-21(17)27-28-22(18)26-16-5-3-4-15(24)12-16/h3-5,11-13H,6-10H2,1-2H3,(H,25,29)(H2,26,27,28). The third-order valence-corrected chi connectivity index (χ3v) is 5.17. The average Bonchev–Trinajstić information content (AvgIpc) is 3.36. The Bertz CT molecular complexity index is 1130. The molecule has 0 unspecified atom stereocenters. The van der Waals surface area contributed by atoms with Crippen molar-refractivity contribution in [3.8, 4) is 22.8 Å². The molecular formula is C23H25FN4O5. The maximum Gasteiger partial charge on any atom is 0.406 e. The van der Waals surface area contributed by atoms with Gasteiger partial charge in [-0.3, -0.25) is 5.10 Å². The minimum Gasteiger partial charge on any atom is -0.493 e. The summed E-state index contributed by atoms with van der Waals surface area (Å²) in [5.41, 5.74) is 4.58. The number of nitrogens with one attached hydrogen (secondary N) is 3. The molecule has 0 bridgehead atoms. The summed E-state index contributed by atoms with van der Waals surface area (Å²) in [4.78, 5) is 11.0. The zero-order valence-corrected chi connectivity index (χ0v) is 18.4. The van der Waals surface area contributed by atoms with Crippen LogP contribution in [0.15, 0.2) is 36.4 Å². The van der Waals surface area contributed by atoms with Crippen LogP contribution >= 0.6 is 0 Å². The topological polar surface area (TPSA) is 107 Å². The Morgan fingerprint density at radius 3 is 2.82 bits per heavy atom. The van der Waals surface area contributed by atoms with Gasteiger partial charge in [-0.15, -0.1) is 0 Å². The summed E-state index contributed by atoms with van der Waals surface area (Å²) < 4.78 is 34.8. The van der Waals surface area contributed by atoms with E-state index in [-0.39, 0.29) is 5.82 Å². The molecule has 0 atom stereocenters. The molecule has 0 saturated heterocycles. The summed E-state index contributed by atoms with van der Waals surface area (Å²) in [6.07, 6.45) is 0.154. The maximum absolute atomic E-state index is 13.5. The van der Waals surface area contributed by atoms with Crippen LogP contribution in [0.4, 0.5) is 20.7 Å². The number of rotatable bonds is 10. The smallest absolute Gasteiger partial charge is 0.406 e. The minimum atomic E-state index is -0.493. The van der Waals surface area contributed by atoms with E-state index in [4.69, 9.17) is 14.2 Å². The number of fused-ring (bicyclic) bond motifs is 3. The molecule has 174 valence electrons. The first-order chi connectivity index (χ1) is 16.1. The second-order valence-electron chi connectivity index (χ2n) is 7.28. The van der Waals surface area contributed by atoms with E-state index < -0.39 is 6.09 Å². The number of H-pyrrole nitrogens is 1. The van der Waals surface area contributed by atoms with Gasteiger partial charge in [0.1, 0.15) is 12.4 Å². The van der Waals surface area contributed by atoms with Gasteiger partial charge in [0.2, 0.25) is 0 Å². The van der Waals surface area contributed by atoms with E-state index in [0.717, 1.165) is 22.4 Å². The molecule has 0 saturated carbocycles. The molecule has 0 radical (unpaired) electrons. The van der Waals surface area contributed by atoms with Crippen LogP contribution in [0, 0.1) is 5.82 Å². The van der Waals surface area contributed by atoms with Gasteiger partial charge in [0.25, 0.3) is 0 Å². The van der Waals surface area contributed by atoms with E-state index >= 15 is 0 Å². The summed E-state index contributed by atoms with van der Waals surface area (Å²) >= 11 is 0. The number of amides is 1. The van der Waals surface area contributed by atoms with Gasteiger partial charge in [-0.05, 0) is 35.9 Å². The molecule has 1 aliphatic rings. The lowest BCUT2D eigenvalue weighted by molar-refractivity contribution is 0.0985. The molecule has 1 aliphatic carbocycles. The van der Waals surface area contributed by atoms with E-state index in [0.29, 0.717) is 55.8 Å². The lowest BCUT2D eigenvalue weighted by Crippen LogP contribution is -2.27. The number of carbonyl (C=O) groups excluding carboxylic acids is 1. The Kier molecular flexibility index (Phi) is 6.94. The van der Waals surface area contributed by atoms with Crippen molar-refractivity contribution in [1.82, 2.24) is 15.5 Å². The predicted octanol–water partition coefficient (Wildman–Crippen LogP) is 3.62. The second-order valence-corrected chi connectivity index (χ2v) is 7.28. The quantitative estimate of drug-likeness (QED) is 0.313. The van der Waals surface area contributed by atoms with Crippen LogP contribution in [0.5, 0.6) is 11.5 Å². The monoisotopic (exact) mass is 456 g/mol. The van der Waals surface area contributed by atoms with Gasteiger partial charge in [-0.2, -0.15) is 5.10 Å². The summed E-state index contributed by atoms with van der Waals surface area (Å²) in [7, 11) is 2.89. The summed E-state index contributed by atoms with van der Waals surface area (Å²) in [6.45, 7) is 1.38. The fourth-order valence-corrected chi connectivity index (χ4v) is 3.62. The Balaban J connectivity index is 1.38. The lowest BCUT2D eigenvalue weighted by atomic mass is 10.1. The first-order valence-electron chi connectivity index (χ1n) is 10.4. The average molecular weight is 456 g/mol.